The molecule has 0 heterocycles. The molecule has 36 nitrogen and oxygen atoms in total. The lowest BCUT2D eigenvalue weighted by Gasteiger charge is -2.61. The molecule has 57 heavy (non-hydrogen) atoms. The molecular weight excluding hydrogens is 1060 g/mol. The fourth-order valence-electron chi connectivity index (χ4n) is 4.06. The van der Waals surface area contributed by atoms with Gasteiger partial charge in [-0.25, -0.2) is 13.6 Å². The fourth-order valence-corrected chi connectivity index (χ4v) is 10.2. The highest BCUT2D eigenvalue weighted by Crippen LogP contribution is 2.73. The van der Waals surface area contributed by atoms with Crippen LogP contribution in [0.5, 0.6) is 0 Å². The van der Waals surface area contributed by atoms with Gasteiger partial charge in [0, 0.05) is 0 Å². The number of hydrogen-bond acceptors (Lipinski definition) is 36. The molecular formula is C9H32O36P12. The monoisotopic (exact) mass is 1090 g/mol. The molecule has 0 aliphatic heterocycles. The summed E-state index contributed by atoms with van der Waals surface area (Å²) in [4.78, 5) is 244. The van der Waals surface area contributed by atoms with Gasteiger partial charge in [-0.3, -0.25) is 36.2 Å². The van der Waals surface area contributed by atoms with Crippen molar-refractivity contribution >= 4 is 103 Å². The molecule has 0 bridgehead atoms. The lowest BCUT2D eigenvalue weighted by Crippen LogP contribution is -2.85. The zero-order chi connectivity index (χ0) is 44.9. The highest BCUT2D eigenvalue weighted by molar-refractivity contribution is 7.43. The van der Waals surface area contributed by atoms with Crippen LogP contribution in [0.15, 0.2) is 0 Å². The van der Waals surface area contributed by atoms with Gasteiger partial charge in [0.1, 0.15) is 6.10 Å². The molecule has 0 fully saturated rings. The summed E-state index contributed by atoms with van der Waals surface area (Å²) in [5.41, 5.74) is 0. The normalized spacial score (nSPS) is 15.1. The zero-order valence-corrected chi connectivity index (χ0v) is 37.2. The molecule has 24 N–H and O–H groups in total. The molecule has 0 aromatic rings. The molecule has 0 aromatic carbocycles. The molecule has 0 radical (unpaired) electrons. The average Bonchev–Trinajstić information content (AvgIpc) is 2.95. The molecule has 0 aromatic heterocycles. The highest BCUT2D eigenvalue weighted by atomic mass is 31.2. The van der Waals surface area contributed by atoms with E-state index in [0.29, 0.717) is 0 Å². The van der Waals surface area contributed by atoms with Crippen molar-refractivity contribution in [3.63, 3.8) is 0 Å². The molecule has 0 rings (SSSR count). The molecule has 344 valence electrons. The van der Waals surface area contributed by atoms with Crippen LogP contribution in [-0.4, -0.2) is 153 Å². The smallest absolute Gasteiger partial charge is 0.328 e. The third-order valence-corrected chi connectivity index (χ3v) is 10.3. The van der Waals surface area contributed by atoms with Gasteiger partial charge in [-0.15, -0.1) is 0 Å². The Hall–Kier alpha value is 3.72. The molecule has 0 saturated carbocycles. The quantitative estimate of drug-likeness (QED) is 0.0235. The van der Waals surface area contributed by atoms with Crippen LogP contribution in [-0.2, 0) is 54.3 Å². The van der Waals surface area contributed by atoms with Crippen molar-refractivity contribution in [3.05, 3.63) is 0 Å². The second kappa shape index (κ2) is 27.4. The molecule has 48 heteroatoms. The summed E-state index contributed by atoms with van der Waals surface area (Å²) in [7, 11) is -56.9. The number of rotatable bonds is 31. The first kappa shape index (κ1) is 60.7. The van der Waals surface area contributed by atoms with Gasteiger partial charge < -0.3 is 122 Å². The molecule has 0 aliphatic carbocycles. The maximum absolute atomic E-state index is 10.4. The van der Waals surface area contributed by atoms with Crippen LogP contribution < -0.4 is 0 Å². The van der Waals surface area contributed by atoms with E-state index < -0.39 is 151 Å². The van der Waals surface area contributed by atoms with Crippen molar-refractivity contribution in [3.8, 4) is 0 Å². The Morgan fingerprint density at radius 3 is 0.789 bits per heavy atom. The maximum atomic E-state index is 10.4. The predicted octanol–water partition coefficient (Wildman–Crippen LogP) is -3.67. The summed E-state index contributed by atoms with van der Waals surface area (Å²) in [5.74, 6) is -27.4. The zero-order valence-electron chi connectivity index (χ0n) is 26.5. The van der Waals surface area contributed by atoms with E-state index in [1.165, 1.54) is 0 Å². The van der Waals surface area contributed by atoms with Gasteiger partial charge in [-0.2, -0.15) is 0 Å². The SMILES string of the molecule is CCCC(OP(O)O)C(OP(O)O)(OP(O)O)C(OP(O)O)(OP(O)O)C(OP(O)O)(OP(O)O)C(OP(O)O)(OP(O)O)C(OP(O)O)(OP(O)O)OP(O)O. The largest absolute Gasteiger partial charge is 0.367 e. The minimum absolute atomic E-state index is 0.608. The Kier molecular flexibility index (Phi) is 29.2. The van der Waals surface area contributed by atoms with Crippen molar-refractivity contribution in [2.45, 2.75) is 55.0 Å². The second-order valence-corrected chi connectivity index (χ2v) is 16.8. The Labute approximate surface area is 329 Å². The van der Waals surface area contributed by atoms with Crippen molar-refractivity contribution in [1.29, 1.82) is 0 Å². The van der Waals surface area contributed by atoms with Gasteiger partial charge in [0.25, 0.3) is 5.79 Å². The van der Waals surface area contributed by atoms with E-state index in [1.54, 1.807) is 0 Å². The van der Waals surface area contributed by atoms with Crippen molar-refractivity contribution in [1.82, 2.24) is 0 Å². The first-order valence-electron chi connectivity index (χ1n) is 12.4. The molecule has 1 unspecified atom stereocenters. The van der Waals surface area contributed by atoms with E-state index >= 15 is 0 Å². The third kappa shape index (κ3) is 17.1. The molecule has 0 amide bonds. The van der Waals surface area contributed by atoms with Crippen molar-refractivity contribution < 1.29 is 172 Å². The van der Waals surface area contributed by atoms with Crippen LogP contribution in [0.4, 0.5) is 0 Å². The summed E-state index contributed by atoms with van der Waals surface area (Å²) in [6.07, 6.45) is -5.04. The molecule has 0 saturated heterocycles. The van der Waals surface area contributed by atoms with Crippen LogP contribution >= 0.6 is 103 Å². The van der Waals surface area contributed by atoms with Crippen LogP contribution in [0.2, 0.25) is 0 Å². The summed E-state index contributed by atoms with van der Waals surface area (Å²) in [6, 6.07) is 0. The Bertz CT molecular complexity index is 1030. The van der Waals surface area contributed by atoms with Gasteiger partial charge in [0.15, 0.2) is 0 Å². The summed E-state index contributed by atoms with van der Waals surface area (Å²) in [5, 5.41) is 0. The van der Waals surface area contributed by atoms with E-state index in [9.17, 15) is 117 Å². The van der Waals surface area contributed by atoms with Gasteiger partial charge in [0.05, 0.1) is 0 Å². The minimum Gasteiger partial charge on any atom is -0.328 e. The van der Waals surface area contributed by atoms with E-state index in [2.05, 4.69) is 31.7 Å². The first-order chi connectivity index (χ1) is 26.0. The lowest BCUT2D eigenvalue weighted by molar-refractivity contribution is -0.520. The Balaban J connectivity index is 10.6. The topological polar surface area (TPSA) is 596 Å². The van der Waals surface area contributed by atoms with Gasteiger partial charge >= 0.3 is 127 Å². The lowest BCUT2D eigenvalue weighted by atomic mass is 9.84. The Morgan fingerprint density at radius 2 is 0.561 bits per heavy atom. The van der Waals surface area contributed by atoms with E-state index in [0.717, 1.165) is 6.92 Å². The highest BCUT2D eigenvalue weighted by Gasteiger charge is 2.91. The maximum Gasteiger partial charge on any atom is 0.367 e. The molecule has 0 spiro atoms. The van der Waals surface area contributed by atoms with Gasteiger partial charge in [-0.05, 0) is 6.42 Å². The van der Waals surface area contributed by atoms with Gasteiger partial charge in [0.2, 0.25) is 0 Å². The minimum atomic E-state index is -5.80. The van der Waals surface area contributed by atoms with E-state index in [-0.39, 0.29) is 0 Å². The number of hydrogen-bond donors (Lipinski definition) is 24. The fraction of sp³-hybridized carbons (Fsp3) is 1.00. The summed E-state index contributed by atoms with van der Waals surface area (Å²) in [6.45, 7) is 1.06. The second-order valence-electron chi connectivity index (χ2n) is 8.49. The van der Waals surface area contributed by atoms with Crippen LogP contribution in [0, 0.1) is 0 Å². The third-order valence-electron chi connectivity index (χ3n) is 5.23. The van der Waals surface area contributed by atoms with Crippen molar-refractivity contribution in [2.75, 3.05) is 0 Å². The van der Waals surface area contributed by atoms with Crippen LogP contribution in [0.1, 0.15) is 19.8 Å². The molecule has 0 aliphatic rings. The van der Waals surface area contributed by atoms with Crippen LogP contribution in [0.3, 0.4) is 0 Å². The summed E-state index contributed by atoms with van der Waals surface area (Å²) < 4.78 is 55.5. The van der Waals surface area contributed by atoms with E-state index in [1.807, 2.05) is 0 Å². The first-order valence-corrected chi connectivity index (χ1v) is 26.4. The molecule has 1 atom stereocenters. The standard InChI is InChI=1S/C9H32O36P12/c1-2-3-4(34-46(10)11)5(35-47(12)13,36-48(14)15)6(37-49(16)17,38-50(18)19)7(39-51(20)21,40-52(22)23)8(41-53(24)25,42-54(26)27)9(43-55(28)29,44-56(30)31)45-57(32)33/h4,10-33H,2-3H2,1H3. The predicted molar refractivity (Wildman–Crippen MR) is 182 cm³/mol. The van der Waals surface area contributed by atoms with Gasteiger partial charge in [-0.1, -0.05) is 13.3 Å². The van der Waals surface area contributed by atoms with Crippen molar-refractivity contribution in [2.24, 2.45) is 0 Å². The Morgan fingerprint density at radius 1 is 0.316 bits per heavy atom. The average molecular weight is 1090 g/mol. The van der Waals surface area contributed by atoms with Crippen LogP contribution in [0.25, 0.3) is 0 Å². The van der Waals surface area contributed by atoms with E-state index in [4.69, 9.17) is 22.6 Å². The summed E-state index contributed by atoms with van der Waals surface area (Å²) >= 11 is 0.